The molecule has 1 aromatic heterocycles. The molecule has 0 radical (unpaired) electrons. The first-order valence-electron chi connectivity index (χ1n) is 4.64. The summed E-state index contributed by atoms with van der Waals surface area (Å²) in [6, 6.07) is 0.712. The number of fused-ring (bicyclic) bond motifs is 1. The number of nitro benzene ring substituents is 1. The molecule has 0 saturated carbocycles. The fourth-order valence-electron chi connectivity index (χ4n) is 1.52. The highest BCUT2D eigenvalue weighted by atomic mass is 19.1. The summed E-state index contributed by atoms with van der Waals surface area (Å²) in [6.45, 7) is 0. The third kappa shape index (κ3) is 1.89. The fourth-order valence-corrected chi connectivity index (χ4v) is 1.52. The van der Waals surface area contributed by atoms with Gasteiger partial charge in [0.05, 0.1) is 10.4 Å². The van der Waals surface area contributed by atoms with E-state index in [9.17, 15) is 24.1 Å². The van der Waals surface area contributed by atoms with Crippen molar-refractivity contribution in [1.29, 1.82) is 0 Å². The van der Waals surface area contributed by atoms with E-state index >= 15 is 0 Å². The van der Waals surface area contributed by atoms with Crippen LogP contribution in [0.1, 0.15) is 0 Å². The predicted octanol–water partition coefficient (Wildman–Crippen LogP) is 1.21. The van der Waals surface area contributed by atoms with Crippen molar-refractivity contribution in [1.82, 2.24) is 9.97 Å². The van der Waals surface area contributed by atoms with Gasteiger partial charge in [-0.1, -0.05) is 5.11 Å². The van der Waals surface area contributed by atoms with E-state index in [0.717, 1.165) is 0 Å². The number of rotatable bonds is 2. The molecule has 2 N–H and O–H groups in total. The molecule has 96 valence electrons. The number of nitrogens with zero attached hydrogens (tertiary/aromatic N) is 4. The Balaban J connectivity index is 3.11. The second kappa shape index (κ2) is 4.23. The van der Waals surface area contributed by atoms with Crippen molar-refractivity contribution in [3.05, 3.63) is 53.1 Å². The van der Waals surface area contributed by atoms with E-state index in [1.54, 1.807) is 0 Å². The number of benzene rings is 1. The van der Waals surface area contributed by atoms with Crippen LogP contribution < -0.4 is 11.1 Å². The summed E-state index contributed by atoms with van der Waals surface area (Å²) in [5.74, 6) is -1.19. The lowest BCUT2D eigenvalue weighted by molar-refractivity contribution is -0.382. The van der Waals surface area contributed by atoms with Gasteiger partial charge < -0.3 is 9.97 Å². The topological polar surface area (TPSA) is 158 Å². The van der Waals surface area contributed by atoms with Crippen LogP contribution in [0.15, 0.2) is 20.8 Å². The Hall–Kier alpha value is -3.20. The molecule has 1 heterocycles. The number of nitro groups is 1. The summed E-state index contributed by atoms with van der Waals surface area (Å²) in [4.78, 5) is 38.3. The third-order valence-electron chi connectivity index (χ3n) is 2.25. The molecular weight excluding hydrogens is 263 g/mol. The van der Waals surface area contributed by atoms with Crippen molar-refractivity contribution < 1.29 is 9.31 Å². The van der Waals surface area contributed by atoms with Gasteiger partial charge in [0.2, 0.25) is 0 Å². The quantitative estimate of drug-likeness (QED) is 0.209. The lowest BCUT2D eigenvalue weighted by atomic mass is 10.2. The van der Waals surface area contributed by atoms with Crippen molar-refractivity contribution in [2.75, 3.05) is 0 Å². The normalized spacial score (nSPS) is 10.2. The van der Waals surface area contributed by atoms with Gasteiger partial charge in [-0.3, -0.25) is 19.7 Å². The smallest absolute Gasteiger partial charge is 0.314 e. The van der Waals surface area contributed by atoms with Crippen LogP contribution >= 0.6 is 0 Å². The standard InChI is InChI=1S/C8H3FN6O4/c9-2-1-3-5(12-8(17)7(16)11-3)6(15(18)19)4(2)13-14-10/h1H,(H,11,16)(H,12,17). The van der Waals surface area contributed by atoms with Gasteiger partial charge in [-0.05, 0) is 5.53 Å². The third-order valence-corrected chi connectivity index (χ3v) is 2.25. The zero-order valence-electron chi connectivity index (χ0n) is 8.88. The maximum absolute atomic E-state index is 13.6. The van der Waals surface area contributed by atoms with Crippen LogP contribution in [-0.4, -0.2) is 14.9 Å². The second-order valence-corrected chi connectivity index (χ2v) is 3.33. The van der Waals surface area contributed by atoms with Gasteiger partial charge in [-0.2, -0.15) is 0 Å². The van der Waals surface area contributed by atoms with Crippen LogP contribution in [0.25, 0.3) is 21.5 Å². The summed E-state index contributed by atoms with van der Waals surface area (Å²) in [6.07, 6.45) is 0. The fraction of sp³-hybridized carbons (Fsp3) is 0. The number of aromatic amines is 2. The molecule has 0 aliphatic rings. The molecule has 0 atom stereocenters. The Bertz CT molecular complexity index is 862. The second-order valence-electron chi connectivity index (χ2n) is 3.33. The Labute approximate surface area is 101 Å². The zero-order valence-corrected chi connectivity index (χ0v) is 8.88. The van der Waals surface area contributed by atoms with Gasteiger partial charge in [0.1, 0.15) is 11.3 Å². The van der Waals surface area contributed by atoms with E-state index in [4.69, 9.17) is 5.53 Å². The Morgan fingerprint density at radius 2 is 2.00 bits per heavy atom. The van der Waals surface area contributed by atoms with E-state index in [1.165, 1.54) is 0 Å². The minimum absolute atomic E-state index is 0.286. The molecule has 19 heavy (non-hydrogen) atoms. The number of hydrogen-bond acceptors (Lipinski definition) is 5. The molecule has 11 heteroatoms. The molecule has 0 fully saturated rings. The molecule has 0 aliphatic carbocycles. The molecule has 1 aromatic carbocycles. The van der Waals surface area contributed by atoms with Gasteiger partial charge in [0.15, 0.2) is 5.69 Å². The van der Waals surface area contributed by atoms with Crippen LogP contribution in [0, 0.1) is 15.9 Å². The summed E-state index contributed by atoms with van der Waals surface area (Å²) in [5, 5.41) is 13.8. The number of H-pyrrole nitrogens is 2. The number of halogens is 1. The van der Waals surface area contributed by atoms with E-state index in [0.29, 0.717) is 6.07 Å². The van der Waals surface area contributed by atoms with E-state index in [-0.39, 0.29) is 5.52 Å². The van der Waals surface area contributed by atoms with Crippen molar-refractivity contribution in [3.8, 4) is 0 Å². The first-order chi connectivity index (χ1) is 8.95. The first-order valence-corrected chi connectivity index (χ1v) is 4.64. The predicted molar refractivity (Wildman–Crippen MR) is 60.6 cm³/mol. The molecular formula is C8H3FN6O4. The van der Waals surface area contributed by atoms with Gasteiger partial charge in [0, 0.05) is 11.0 Å². The summed E-state index contributed by atoms with van der Waals surface area (Å²) >= 11 is 0. The van der Waals surface area contributed by atoms with Crippen molar-refractivity contribution in [2.24, 2.45) is 5.11 Å². The lowest BCUT2D eigenvalue weighted by Gasteiger charge is -2.03. The molecule has 0 aliphatic heterocycles. The van der Waals surface area contributed by atoms with Crippen LogP contribution in [0.3, 0.4) is 0 Å². The Morgan fingerprint density at radius 3 is 2.58 bits per heavy atom. The monoisotopic (exact) mass is 266 g/mol. The molecule has 2 aromatic rings. The molecule has 2 rings (SSSR count). The minimum atomic E-state index is -1.19. The van der Waals surface area contributed by atoms with E-state index < -0.39 is 38.8 Å². The molecule has 0 spiro atoms. The molecule has 0 amide bonds. The first kappa shape index (κ1) is 12.3. The van der Waals surface area contributed by atoms with Crippen molar-refractivity contribution in [2.45, 2.75) is 0 Å². The number of nitrogens with one attached hydrogen (secondary N) is 2. The highest BCUT2D eigenvalue weighted by Gasteiger charge is 2.23. The van der Waals surface area contributed by atoms with Crippen molar-refractivity contribution >= 4 is 22.4 Å². The number of hydrogen-bond donors (Lipinski definition) is 2. The van der Waals surface area contributed by atoms with Crippen LogP contribution in [-0.2, 0) is 0 Å². The average molecular weight is 266 g/mol. The van der Waals surface area contributed by atoms with Crippen molar-refractivity contribution in [3.63, 3.8) is 0 Å². The van der Waals surface area contributed by atoms with E-state index in [1.807, 2.05) is 9.97 Å². The minimum Gasteiger partial charge on any atom is -0.316 e. The van der Waals surface area contributed by atoms with Crippen LogP contribution in [0.2, 0.25) is 0 Å². The number of aromatic nitrogens is 2. The molecule has 0 unspecified atom stereocenters. The maximum Gasteiger partial charge on any atom is 0.314 e. The van der Waals surface area contributed by atoms with Crippen LogP contribution in [0.5, 0.6) is 0 Å². The highest BCUT2D eigenvalue weighted by molar-refractivity contribution is 5.90. The summed E-state index contributed by atoms with van der Waals surface area (Å²) in [7, 11) is 0. The van der Waals surface area contributed by atoms with Gasteiger partial charge in [-0.25, -0.2) is 4.39 Å². The summed E-state index contributed by atoms with van der Waals surface area (Å²) < 4.78 is 13.6. The molecule has 10 nitrogen and oxygen atoms in total. The van der Waals surface area contributed by atoms with Crippen LogP contribution in [0.4, 0.5) is 15.8 Å². The zero-order chi connectivity index (χ0) is 14.2. The average Bonchev–Trinajstić information content (AvgIpc) is 2.32. The van der Waals surface area contributed by atoms with Gasteiger partial charge in [-0.15, -0.1) is 0 Å². The molecule has 0 saturated heterocycles. The van der Waals surface area contributed by atoms with Gasteiger partial charge >= 0.3 is 16.8 Å². The lowest BCUT2D eigenvalue weighted by Crippen LogP contribution is -2.29. The Kier molecular flexibility index (Phi) is 2.73. The van der Waals surface area contributed by atoms with E-state index in [2.05, 4.69) is 10.0 Å². The summed E-state index contributed by atoms with van der Waals surface area (Å²) in [5.41, 5.74) is 3.51. The largest absolute Gasteiger partial charge is 0.316 e. The Morgan fingerprint density at radius 1 is 1.37 bits per heavy atom. The maximum atomic E-state index is 13.6. The molecule has 0 bridgehead atoms. The number of azide groups is 1. The highest BCUT2D eigenvalue weighted by Crippen LogP contribution is 2.35. The SMILES string of the molecule is [N-]=[N+]=Nc1c(F)cc2[nH]c(=O)c(=O)[nH]c2c1[N+](=O)[O-]. The van der Waals surface area contributed by atoms with Gasteiger partial charge in [0.25, 0.3) is 0 Å².